The molecule has 1 amide bonds. The van der Waals surface area contributed by atoms with Crippen LogP contribution in [0.2, 0.25) is 0 Å². The van der Waals surface area contributed by atoms with E-state index in [4.69, 9.17) is 4.74 Å². The number of nitrogens with one attached hydrogen (secondary N) is 2. The number of pyridine rings is 1. The summed E-state index contributed by atoms with van der Waals surface area (Å²) in [7, 11) is 0. The number of likely N-dealkylation sites (tertiary alicyclic amines) is 1. The third kappa shape index (κ3) is 7.50. The zero-order chi connectivity index (χ0) is 31.6. The Kier molecular flexibility index (Phi) is 9.17. The number of aromatic amines is 1. The van der Waals surface area contributed by atoms with Crippen molar-refractivity contribution in [1.82, 2.24) is 20.1 Å². The highest BCUT2D eigenvalue weighted by atomic mass is 32.1. The van der Waals surface area contributed by atoms with E-state index < -0.39 is 24.4 Å². The van der Waals surface area contributed by atoms with Crippen LogP contribution in [-0.4, -0.2) is 76.8 Å². The Morgan fingerprint density at radius 1 is 1.07 bits per heavy atom. The van der Waals surface area contributed by atoms with Gasteiger partial charge in [0.25, 0.3) is 5.91 Å². The van der Waals surface area contributed by atoms with Crippen LogP contribution in [0.15, 0.2) is 71.5 Å². The molecule has 2 saturated heterocycles. The number of alkyl halides is 2. The van der Waals surface area contributed by atoms with Gasteiger partial charge in [-0.05, 0) is 73.7 Å². The molecule has 11 heteroatoms. The molecule has 45 heavy (non-hydrogen) atoms. The number of aromatic nitrogens is 1. The van der Waals surface area contributed by atoms with Gasteiger partial charge in [-0.2, -0.15) is 8.78 Å². The van der Waals surface area contributed by atoms with E-state index in [1.807, 2.05) is 37.3 Å². The van der Waals surface area contributed by atoms with Crippen molar-refractivity contribution < 1.29 is 23.4 Å². The van der Waals surface area contributed by atoms with E-state index in [-0.39, 0.29) is 18.0 Å². The molecule has 2 aromatic carbocycles. The number of piperidine rings is 1. The number of fused-ring (bicyclic) bond motifs is 1. The molecule has 0 radical (unpaired) electrons. The van der Waals surface area contributed by atoms with Crippen molar-refractivity contribution in [2.24, 2.45) is 0 Å². The van der Waals surface area contributed by atoms with Crippen LogP contribution >= 0.6 is 11.3 Å². The van der Waals surface area contributed by atoms with Gasteiger partial charge in [-0.3, -0.25) is 14.5 Å². The molecule has 4 heterocycles. The largest absolute Gasteiger partial charge is 0.387 e. The maximum Gasteiger partial charge on any atom is 0.373 e. The van der Waals surface area contributed by atoms with E-state index in [1.54, 1.807) is 12.1 Å². The van der Waals surface area contributed by atoms with Gasteiger partial charge in [-0.15, -0.1) is 11.3 Å². The molecular weight excluding hydrogens is 598 g/mol. The summed E-state index contributed by atoms with van der Waals surface area (Å²) >= 11 is 1.32. The first-order valence-electron chi connectivity index (χ1n) is 15.3. The van der Waals surface area contributed by atoms with Crippen LogP contribution in [-0.2, 0) is 17.7 Å². The van der Waals surface area contributed by atoms with E-state index in [0.29, 0.717) is 56.0 Å². The van der Waals surface area contributed by atoms with Crippen LogP contribution in [0, 0.1) is 6.92 Å². The number of carbonyl (C=O) groups is 1. The van der Waals surface area contributed by atoms with Crippen LogP contribution < -0.4 is 10.9 Å². The third-order valence-electron chi connectivity index (χ3n) is 8.71. The van der Waals surface area contributed by atoms with Gasteiger partial charge < -0.3 is 25.0 Å². The Morgan fingerprint density at radius 3 is 2.62 bits per heavy atom. The average molecular weight is 637 g/mol. The highest BCUT2D eigenvalue weighted by Crippen LogP contribution is 2.39. The fourth-order valence-corrected chi connectivity index (χ4v) is 7.30. The number of morpholine rings is 1. The summed E-state index contributed by atoms with van der Waals surface area (Å²) < 4.78 is 34.8. The van der Waals surface area contributed by atoms with Crippen LogP contribution in [0.25, 0.3) is 10.9 Å². The topological polar surface area (TPSA) is 97.9 Å². The van der Waals surface area contributed by atoms with Crippen molar-refractivity contribution in [3.8, 4) is 0 Å². The quantitative estimate of drug-likeness (QED) is 0.227. The number of aryl methyl sites for hydroxylation is 1. The van der Waals surface area contributed by atoms with E-state index in [9.17, 15) is 23.5 Å². The van der Waals surface area contributed by atoms with Gasteiger partial charge in [0.2, 0.25) is 5.56 Å². The second kappa shape index (κ2) is 13.1. The molecule has 1 spiro atoms. The lowest BCUT2D eigenvalue weighted by Gasteiger charge is -2.49. The van der Waals surface area contributed by atoms with E-state index >= 15 is 0 Å². The fraction of sp³-hybridized carbons (Fsp3) is 0.412. The van der Waals surface area contributed by atoms with Crippen LogP contribution in [0.3, 0.4) is 0 Å². The number of ether oxygens (including phenoxy) is 1. The molecule has 6 rings (SSSR count). The van der Waals surface area contributed by atoms with Crippen molar-refractivity contribution in [2.45, 2.75) is 50.5 Å². The first-order valence-corrected chi connectivity index (χ1v) is 16.1. The molecule has 2 aliphatic heterocycles. The van der Waals surface area contributed by atoms with Crippen LogP contribution in [0.5, 0.6) is 0 Å². The summed E-state index contributed by atoms with van der Waals surface area (Å²) in [4.78, 5) is 32.4. The van der Waals surface area contributed by atoms with E-state index in [0.717, 1.165) is 27.8 Å². The van der Waals surface area contributed by atoms with Gasteiger partial charge in [0.05, 0.1) is 23.1 Å². The summed E-state index contributed by atoms with van der Waals surface area (Å²) in [5, 5.41) is 15.0. The third-order valence-corrected chi connectivity index (χ3v) is 9.70. The molecule has 0 aliphatic carbocycles. The zero-order valence-electron chi connectivity index (χ0n) is 25.2. The minimum atomic E-state index is -3.38. The number of aliphatic hydroxyl groups is 1. The zero-order valence-corrected chi connectivity index (χ0v) is 26.0. The number of nitrogens with zero attached hydrogens (tertiary/aromatic N) is 2. The molecule has 1 atom stereocenters. The number of H-pyrrole nitrogens is 1. The Morgan fingerprint density at radius 2 is 1.84 bits per heavy atom. The Hall–Kier alpha value is -3.48. The normalized spacial score (nSPS) is 18.8. The number of hydrogen-bond acceptors (Lipinski definition) is 7. The minimum absolute atomic E-state index is 0.170. The Bertz CT molecular complexity index is 1720. The van der Waals surface area contributed by atoms with Gasteiger partial charge >= 0.3 is 6.11 Å². The summed E-state index contributed by atoms with van der Waals surface area (Å²) in [6.45, 7) is 4.30. The SMILES string of the molecule is Cc1ccc(C(=O)N2CC(F)(F)OC3(CCN(Cc4cccc(CCNCC(O)c5cccc6[nH]c(=O)ccc56)c4)CC3)C2)s1. The molecule has 238 valence electrons. The summed E-state index contributed by atoms with van der Waals surface area (Å²) in [6, 6.07) is 20.6. The fourth-order valence-electron chi connectivity index (χ4n) is 6.46. The summed E-state index contributed by atoms with van der Waals surface area (Å²) in [6.07, 6.45) is -2.46. The number of aliphatic hydroxyl groups excluding tert-OH is 1. The molecule has 0 saturated carbocycles. The van der Waals surface area contributed by atoms with Crippen molar-refractivity contribution in [1.29, 1.82) is 0 Å². The second-order valence-corrected chi connectivity index (χ2v) is 13.5. The lowest BCUT2D eigenvalue weighted by atomic mass is 9.88. The summed E-state index contributed by atoms with van der Waals surface area (Å²) in [5.41, 5.74) is 2.55. The standard InChI is InChI=1S/C34H38F2N4O4S/c1-23-8-10-30(45-23)32(43)40-21-33(44-34(35,36)22-40)13-16-39(17-14-33)20-25-5-2-4-24(18-25)12-15-37-19-29(41)27-6-3-7-28-26(27)9-11-31(42)38-28/h2-11,18,29,37,41H,12-17,19-22H2,1H3,(H,38,42). The maximum absolute atomic E-state index is 14.7. The molecule has 3 N–H and O–H groups in total. The molecule has 1 unspecified atom stereocenters. The molecule has 2 aliphatic rings. The van der Waals surface area contributed by atoms with Crippen molar-refractivity contribution >= 4 is 28.1 Å². The lowest BCUT2D eigenvalue weighted by Crippen LogP contribution is -2.62. The number of rotatable bonds is 9. The molecular formula is C34H38F2N4O4S. The Labute approximate surface area is 264 Å². The minimum Gasteiger partial charge on any atom is -0.387 e. The van der Waals surface area contributed by atoms with Gasteiger partial charge in [-0.25, -0.2) is 0 Å². The smallest absolute Gasteiger partial charge is 0.373 e. The van der Waals surface area contributed by atoms with Crippen molar-refractivity contribution in [3.05, 3.63) is 104 Å². The molecule has 4 aromatic rings. The first-order chi connectivity index (χ1) is 21.6. The molecule has 2 aromatic heterocycles. The highest BCUT2D eigenvalue weighted by molar-refractivity contribution is 7.13. The maximum atomic E-state index is 14.7. The number of benzene rings is 2. The number of hydrogen-bond donors (Lipinski definition) is 3. The number of amides is 1. The van der Waals surface area contributed by atoms with Crippen LogP contribution in [0.1, 0.15) is 50.2 Å². The van der Waals surface area contributed by atoms with Crippen LogP contribution in [0.4, 0.5) is 8.78 Å². The van der Waals surface area contributed by atoms with Crippen molar-refractivity contribution in [2.75, 3.05) is 39.3 Å². The average Bonchev–Trinajstić information content (AvgIpc) is 3.45. The number of thiophene rings is 1. The predicted molar refractivity (Wildman–Crippen MR) is 171 cm³/mol. The molecule has 8 nitrogen and oxygen atoms in total. The number of carbonyl (C=O) groups excluding carboxylic acids is 1. The van der Waals surface area contributed by atoms with Crippen molar-refractivity contribution in [3.63, 3.8) is 0 Å². The van der Waals surface area contributed by atoms with Gasteiger partial charge in [0.15, 0.2) is 0 Å². The summed E-state index contributed by atoms with van der Waals surface area (Å²) in [5.74, 6) is -0.357. The van der Waals surface area contributed by atoms with E-state index in [2.05, 4.69) is 33.4 Å². The highest BCUT2D eigenvalue weighted by Gasteiger charge is 2.52. The lowest BCUT2D eigenvalue weighted by molar-refractivity contribution is -0.332. The first kappa shape index (κ1) is 31.5. The van der Waals surface area contributed by atoms with Gasteiger partial charge in [0.1, 0.15) is 6.54 Å². The Balaban J connectivity index is 0.993. The van der Waals surface area contributed by atoms with Gasteiger partial charge in [-0.1, -0.05) is 36.4 Å². The monoisotopic (exact) mass is 636 g/mol. The van der Waals surface area contributed by atoms with Gasteiger partial charge in [0, 0.05) is 48.0 Å². The molecule has 2 fully saturated rings. The predicted octanol–water partition coefficient (Wildman–Crippen LogP) is 4.86. The number of halogens is 2. The van der Waals surface area contributed by atoms with E-state index in [1.165, 1.54) is 27.9 Å². The second-order valence-electron chi connectivity index (χ2n) is 12.2. The molecule has 0 bridgehead atoms.